The molecule has 0 spiro atoms. The summed E-state index contributed by atoms with van der Waals surface area (Å²) in [7, 11) is 0. The molecule has 0 fully saturated rings. The molecule has 0 amide bonds. The molecule has 0 aliphatic heterocycles. The number of hydrogen-bond donors (Lipinski definition) is 1. The molecular weight excluding hydrogens is 66.0 g/mol. The van der Waals surface area contributed by atoms with E-state index in [2.05, 4.69) is 0 Å². The molecule has 0 bridgehead atoms. The number of rotatable bonds is 0. The zero-order valence-electron chi connectivity index (χ0n) is 3.99. The van der Waals surface area contributed by atoms with E-state index < -0.39 is 6.10 Å². The van der Waals surface area contributed by atoms with Crippen LogP contribution in [0.2, 0.25) is 0 Å². The quantitative estimate of drug-likeness (QED) is 0.439. The molecule has 2 heteroatoms. The maximum absolute atomic E-state index is 9.53. The van der Waals surface area contributed by atoms with Crippen molar-refractivity contribution in [2.75, 3.05) is 0 Å². The van der Waals surface area contributed by atoms with Crippen LogP contribution in [0.25, 0.3) is 0 Å². The van der Waals surface area contributed by atoms with Gasteiger partial charge in [0.25, 0.3) is 0 Å². The van der Waals surface area contributed by atoms with Crippen molar-refractivity contribution < 1.29 is 5.11 Å². The van der Waals surface area contributed by atoms with E-state index in [1.165, 1.54) is 0 Å². The Labute approximate surface area is 32.4 Å². The van der Waals surface area contributed by atoms with Crippen LogP contribution in [0.4, 0.5) is 0 Å². The molecule has 0 aliphatic carbocycles. The normalized spacial score (nSPS) is 7.20. The second kappa shape index (κ2) is 3.92. The van der Waals surface area contributed by atoms with Gasteiger partial charge in [0.2, 0.25) is 0 Å². The minimum absolute atomic E-state index is 0. The van der Waals surface area contributed by atoms with Crippen LogP contribution in [0.5, 0.6) is 0 Å². The molecule has 0 atom stereocenters. The van der Waals surface area contributed by atoms with Gasteiger partial charge in [0.05, 0.1) is 0 Å². The predicted octanol–water partition coefficient (Wildman–Crippen LogP) is 0.131. The summed E-state index contributed by atoms with van der Waals surface area (Å²) < 4.78 is 0. The van der Waals surface area contributed by atoms with Crippen LogP contribution in [0, 0.1) is 0 Å². The summed E-state index contributed by atoms with van der Waals surface area (Å²) in [4.78, 5) is 0. The lowest BCUT2D eigenvalue weighted by Crippen LogP contribution is -2.14. The molecular formula is C3H11NO. The van der Waals surface area contributed by atoms with Gasteiger partial charge in [-0.25, -0.2) is 0 Å². The van der Waals surface area contributed by atoms with Crippen molar-refractivity contribution in [2.24, 2.45) is 0 Å². The highest BCUT2D eigenvalue weighted by Gasteiger charge is 1.53. The van der Waals surface area contributed by atoms with Crippen LogP contribution >= 0.6 is 0 Å². The zero-order valence-corrected chi connectivity index (χ0v) is 3.99. The maximum atomic E-state index is 9.53. The van der Waals surface area contributed by atoms with Crippen LogP contribution < -0.4 is 11.3 Å². The first-order valence-electron chi connectivity index (χ1n) is 1.39. The van der Waals surface area contributed by atoms with E-state index in [0.717, 1.165) is 0 Å². The maximum Gasteiger partial charge on any atom is -0.0783 e. The van der Waals surface area contributed by atoms with E-state index >= 15 is 0 Å². The average molecular weight is 77.1 g/mol. The van der Waals surface area contributed by atoms with Crippen LogP contribution in [0.3, 0.4) is 0 Å². The number of quaternary nitrogens is 1. The number of hydrogen-bond acceptors (Lipinski definition) is 1. The van der Waals surface area contributed by atoms with Gasteiger partial charge in [0.1, 0.15) is 0 Å². The van der Waals surface area contributed by atoms with E-state index in [1.54, 1.807) is 13.8 Å². The van der Waals surface area contributed by atoms with E-state index in [1.807, 2.05) is 0 Å². The molecule has 0 aromatic rings. The summed E-state index contributed by atoms with van der Waals surface area (Å²) in [5.74, 6) is 0. The molecule has 5 heavy (non-hydrogen) atoms. The van der Waals surface area contributed by atoms with Gasteiger partial charge in [-0.2, -0.15) is 0 Å². The second-order valence-corrected chi connectivity index (χ2v) is 1.05. The van der Waals surface area contributed by atoms with E-state index in [-0.39, 0.29) is 6.15 Å². The SMILES string of the molecule is CC(C)[O-].[NH4+]. The van der Waals surface area contributed by atoms with Crippen molar-refractivity contribution in [3.05, 3.63) is 0 Å². The first-order chi connectivity index (χ1) is 1.73. The highest BCUT2D eigenvalue weighted by molar-refractivity contribution is 4.17. The first kappa shape index (κ1) is 8.87. The largest absolute Gasteiger partial charge is 0.852 e. The fraction of sp³-hybridized carbons (Fsp3) is 1.00. The molecule has 2 nitrogen and oxygen atoms in total. The van der Waals surface area contributed by atoms with Crippen molar-refractivity contribution in [1.29, 1.82) is 0 Å². The average Bonchev–Trinajstić information content (AvgIpc) is 0.811. The summed E-state index contributed by atoms with van der Waals surface area (Å²) in [6.07, 6.45) is -0.417. The Bertz CT molecular complexity index is 11.6. The lowest BCUT2D eigenvalue weighted by Gasteiger charge is -2.02. The Morgan fingerprint density at radius 3 is 1.40 bits per heavy atom. The highest BCUT2D eigenvalue weighted by Crippen LogP contribution is 1.57. The lowest BCUT2D eigenvalue weighted by molar-refractivity contribution is -0.407. The first-order valence-corrected chi connectivity index (χ1v) is 1.39. The van der Waals surface area contributed by atoms with E-state index in [0.29, 0.717) is 0 Å². The summed E-state index contributed by atoms with van der Waals surface area (Å²) in [6.45, 7) is 3.22. The van der Waals surface area contributed by atoms with Crippen molar-refractivity contribution >= 4 is 0 Å². The summed E-state index contributed by atoms with van der Waals surface area (Å²) in [5, 5.41) is 9.53. The minimum atomic E-state index is -0.417. The monoisotopic (exact) mass is 77.1 g/mol. The van der Waals surface area contributed by atoms with Gasteiger partial charge >= 0.3 is 0 Å². The smallest absolute Gasteiger partial charge is 0.0783 e. The van der Waals surface area contributed by atoms with Crippen molar-refractivity contribution in [2.45, 2.75) is 20.0 Å². The third-order valence-electron chi connectivity index (χ3n) is 0. The molecule has 4 N–H and O–H groups in total. The van der Waals surface area contributed by atoms with Crippen LogP contribution in [-0.2, 0) is 0 Å². The van der Waals surface area contributed by atoms with Gasteiger partial charge in [-0.15, -0.1) is 6.10 Å². The highest BCUT2D eigenvalue weighted by atomic mass is 16.3. The molecule has 0 aromatic heterocycles. The third kappa shape index (κ3) is 2260. The fourth-order valence-corrected chi connectivity index (χ4v) is 0. The Hall–Kier alpha value is -0.0800. The van der Waals surface area contributed by atoms with E-state index in [4.69, 9.17) is 0 Å². The molecule has 0 saturated carbocycles. The predicted molar refractivity (Wildman–Crippen MR) is 21.1 cm³/mol. The molecule has 34 valence electrons. The molecule has 0 heterocycles. The fourth-order valence-electron chi connectivity index (χ4n) is 0. The van der Waals surface area contributed by atoms with Crippen LogP contribution in [0.1, 0.15) is 13.8 Å². The zero-order chi connectivity index (χ0) is 3.58. The lowest BCUT2D eigenvalue weighted by atomic mass is 10.5. The molecule has 0 aromatic carbocycles. The Morgan fingerprint density at radius 2 is 1.40 bits per heavy atom. The molecule has 0 radical (unpaired) electrons. The Balaban J connectivity index is 0. The van der Waals surface area contributed by atoms with Gasteiger partial charge in [-0.05, 0) is 0 Å². The molecule has 0 aliphatic rings. The van der Waals surface area contributed by atoms with Crippen molar-refractivity contribution in [1.82, 2.24) is 6.15 Å². The van der Waals surface area contributed by atoms with Crippen LogP contribution in [-0.4, -0.2) is 6.10 Å². The standard InChI is InChI=1S/C3H7O.H3N/c1-3(2)4;/h3H,1-2H3;1H3/q-1;/p+1. The molecule has 0 rings (SSSR count). The van der Waals surface area contributed by atoms with Gasteiger partial charge in [0.15, 0.2) is 0 Å². The summed E-state index contributed by atoms with van der Waals surface area (Å²) >= 11 is 0. The summed E-state index contributed by atoms with van der Waals surface area (Å²) in [5.41, 5.74) is 0. The molecule has 0 saturated heterocycles. The van der Waals surface area contributed by atoms with Gasteiger partial charge < -0.3 is 11.3 Å². The van der Waals surface area contributed by atoms with Crippen molar-refractivity contribution in [3.8, 4) is 0 Å². The Kier molecular flexibility index (Phi) is 6.95. The third-order valence-corrected chi connectivity index (χ3v) is 0. The minimum Gasteiger partial charge on any atom is -0.852 e. The van der Waals surface area contributed by atoms with Gasteiger partial charge in [-0.3, -0.25) is 0 Å². The second-order valence-electron chi connectivity index (χ2n) is 1.05. The summed E-state index contributed by atoms with van der Waals surface area (Å²) in [6, 6.07) is 0. The van der Waals surface area contributed by atoms with E-state index in [9.17, 15) is 5.11 Å². The van der Waals surface area contributed by atoms with Crippen LogP contribution in [0.15, 0.2) is 0 Å². The Morgan fingerprint density at radius 1 is 1.40 bits per heavy atom. The van der Waals surface area contributed by atoms with Gasteiger partial charge in [0, 0.05) is 0 Å². The van der Waals surface area contributed by atoms with Crippen molar-refractivity contribution in [3.63, 3.8) is 0 Å². The van der Waals surface area contributed by atoms with Gasteiger partial charge in [-0.1, -0.05) is 13.8 Å². The topological polar surface area (TPSA) is 59.6 Å². The molecule has 0 unspecified atom stereocenters.